The van der Waals surface area contributed by atoms with Gasteiger partial charge >= 0.3 is 6.09 Å². The fraction of sp³-hybridized carbons (Fsp3) is 0.810. The molecule has 0 radical (unpaired) electrons. The van der Waals surface area contributed by atoms with Crippen LogP contribution in [0.2, 0.25) is 0 Å². The molecule has 4 rings (SSSR count). The Balaban J connectivity index is 1.38. The van der Waals surface area contributed by atoms with E-state index < -0.39 is 0 Å². The third kappa shape index (κ3) is 3.43. The zero-order valence-electron chi connectivity index (χ0n) is 16.8. The van der Waals surface area contributed by atoms with E-state index in [4.69, 9.17) is 4.74 Å². The predicted octanol–water partition coefficient (Wildman–Crippen LogP) is 2.99. The minimum absolute atomic E-state index is 0.154. The second-order valence-corrected chi connectivity index (χ2v) is 8.75. The first-order valence-corrected chi connectivity index (χ1v) is 10.7. The number of fused-ring (bicyclic) bond motifs is 2. The number of hydrogen-bond donors (Lipinski definition) is 0. The minimum Gasteiger partial charge on any atom is -0.450 e. The number of hydrogen-bond acceptors (Lipinski definition) is 4. The van der Waals surface area contributed by atoms with Gasteiger partial charge in [0.05, 0.1) is 12.6 Å². The first-order chi connectivity index (χ1) is 13.0. The zero-order valence-corrected chi connectivity index (χ0v) is 16.8. The van der Waals surface area contributed by atoms with E-state index in [-0.39, 0.29) is 23.6 Å². The highest BCUT2D eigenvalue weighted by Crippen LogP contribution is 2.43. The van der Waals surface area contributed by atoms with Crippen LogP contribution in [-0.4, -0.2) is 71.6 Å². The second kappa shape index (κ2) is 7.36. The van der Waals surface area contributed by atoms with E-state index in [1.807, 2.05) is 11.8 Å². The van der Waals surface area contributed by atoms with Crippen molar-refractivity contribution in [1.82, 2.24) is 14.7 Å². The summed E-state index contributed by atoms with van der Waals surface area (Å²) >= 11 is 0. The van der Waals surface area contributed by atoms with Crippen LogP contribution < -0.4 is 0 Å². The molecule has 4 aliphatic heterocycles. The second-order valence-electron chi connectivity index (χ2n) is 8.75. The summed E-state index contributed by atoms with van der Waals surface area (Å²) in [6, 6.07) is 0.486. The van der Waals surface area contributed by atoms with Crippen LogP contribution in [0.15, 0.2) is 11.8 Å². The van der Waals surface area contributed by atoms with Crippen molar-refractivity contribution in [2.75, 3.05) is 32.8 Å². The summed E-state index contributed by atoms with van der Waals surface area (Å²) in [7, 11) is 0. The molecule has 0 N–H and O–H groups in total. The van der Waals surface area contributed by atoms with Gasteiger partial charge in [0, 0.05) is 56.2 Å². The summed E-state index contributed by atoms with van der Waals surface area (Å²) in [5, 5.41) is 0. The lowest BCUT2D eigenvalue weighted by molar-refractivity contribution is -0.127. The molecule has 2 atom stereocenters. The van der Waals surface area contributed by atoms with Gasteiger partial charge in [0.1, 0.15) is 0 Å². The van der Waals surface area contributed by atoms with Crippen molar-refractivity contribution in [2.24, 2.45) is 5.41 Å². The average Bonchev–Trinajstić information content (AvgIpc) is 3.09. The molecule has 3 saturated heterocycles. The Hall–Kier alpha value is -1.72. The standard InChI is InChI=1S/C21H33N3O3/c1-3-9-23-15-21(14-19(23)25)7-10-22(11-8-21)18-12-16-5-6-17(13-18)24(16)20(26)27-4-2/h12,16-17H,3-11,13-15H2,1-2H3. The number of carbonyl (C=O) groups excluding carboxylic acids is 2. The number of carbonyl (C=O) groups is 2. The molecule has 0 aromatic carbocycles. The highest BCUT2D eigenvalue weighted by atomic mass is 16.6. The lowest BCUT2D eigenvalue weighted by Crippen LogP contribution is -2.47. The zero-order chi connectivity index (χ0) is 19.0. The number of amides is 2. The van der Waals surface area contributed by atoms with Crippen molar-refractivity contribution < 1.29 is 14.3 Å². The molecule has 0 aromatic heterocycles. The minimum atomic E-state index is -0.154. The highest BCUT2D eigenvalue weighted by Gasteiger charge is 2.46. The summed E-state index contributed by atoms with van der Waals surface area (Å²) in [5.41, 5.74) is 1.61. The van der Waals surface area contributed by atoms with Gasteiger partial charge in [0.15, 0.2) is 0 Å². The van der Waals surface area contributed by atoms with Crippen LogP contribution in [0, 0.1) is 5.41 Å². The van der Waals surface area contributed by atoms with E-state index in [1.165, 1.54) is 5.70 Å². The quantitative estimate of drug-likeness (QED) is 0.758. The van der Waals surface area contributed by atoms with Crippen molar-refractivity contribution in [3.63, 3.8) is 0 Å². The van der Waals surface area contributed by atoms with E-state index in [2.05, 4.69) is 22.8 Å². The van der Waals surface area contributed by atoms with Gasteiger partial charge < -0.3 is 14.5 Å². The van der Waals surface area contributed by atoms with Gasteiger partial charge in [-0.1, -0.05) is 6.92 Å². The van der Waals surface area contributed by atoms with Gasteiger partial charge in [-0.3, -0.25) is 9.69 Å². The third-order valence-electron chi connectivity index (χ3n) is 6.98. The summed E-state index contributed by atoms with van der Waals surface area (Å²) in [5.74, 6) is 0.352. The summed E-state index contributed by atoms with van der Waals surface area (Å²) in [6.45, 7) is 8.38. The molecule has 0 saturated carbocycles. The van der Waals surface area contributed by atoms with Crippen molar-refractivity contribution >= 4 is 12.0 Å². The van der Waals surface area contributed by atoms with Gasteiger partial charge in [-0.05, 0) is 45.1 Å². The molecule has 0 aliphatic carbocycles. The molecule has 1 spiro atoms. The lowest BCUT2D eigenvalue weighted by Gasteiger charge is -2.43. The predicted molar refractivity (Wildman–Crippen MR) is 103 cm³/mol. The van der Waals surface area contributed by atoms with Crippen LogP contribution in [0.4, 0.5) is 4.79 Å². The van der Waals surface area contributed by atoms with Gasteiger partial charge in [0.25, 0.3) is 0 Å². The van der Waals surface area contributed by atoms with E-state index in [0.29, 0.717) is 12.5 Å². The lowest BCUT2D eigenvalue weighted by atomic mass is 9.77. The summed E-state index contributed by atoms with van der Waals surface area (Å²) in [6.07, 6.45) is 9.21. The van der Waals surface area contributed by atoms with E-state index in [9.17, 15) is 9.59 Å². The molecule has 150 valence electrons. The Morgan fingerprint density at radius 3 is 2.70 bits per heavy atom. The summed E-state index contributed by atoms with van der Waals surface area (Å²) in [4.78, 5) is 31.1. The Kier molecular flexibility index (Phi) is 5.08. The van der Waals surface area contributed by atoms with Crippen LogP contribution in [0.5, 0.6) is 0 Å². The smallest absolute Gasteiger partial charge is 0.410 e. The van der Waals surface area contributed by atoms with Crippen molar-refractivity contribution in [2.45, 2.75) is 70.9 Å². The Labute approximate surface area is 162 Å². The molecular weight excluding hydrogens is 342 g/mol. The van der Waals surface area contributed by atoms with Crippen LogP contribution >= 0.6 is 0 Å². The van der Waals surface area contributed by atoms with Crippen molar-refractivity contribution in [3.05, 3.63) is 11.8 Å². The maximum Gasteiger partial charge on any atom is 0.410 e. The molecule has 2 bridgehead atoms. The normalized spacial score (nSPS) is 29.5. The van der Waals surface area contributed by atoms with E-state index in [0.717, 1.165) is 71.1 Å². The fourth-order valence-electron chi connectivity index (χ4n) is 5.58. The highest BCUT2D eigenvalue weighted by molar-refractivity contribution is 5.79. The molecule has 4 aliphatic rings. The van der Waals surface area contributed by atoms with E-state index >= 15 is 0 Å². The van der Waals surface area contributed by atoms with Crippen LogP contribution in [-0.2, 0) is 9.53 Å². The molecular formula is C21H33N3O3. The van der Waals surface area contributed by atoms with Gasteiger partial charge in [-0.25, -0.2) is 4.79 Å². The Morgan fingerprint density at radius 1 is 1.26 bits per heavy atom. The topological polar surface area (TPSA) is 53.1 Å². The first-order valence-electron chi connectivity index (χ1n) is 10.7. The maximum absolute atomic E-state index is 12.3. The molecule has 4 heterocycles. The molecule has 6 heteroatoms. The number of rotatable bonds is 4. The molecule has 27 heavy (non-hydrogen) atoms. The maximum atomic E-state index is 12.3. The largest absolute Gasteiger partial charge is 0.450 e. The van der Waals surface area contributed by atoms with Crippen LogP contribution in [0.1, 0.15) is 58.8 Å². The monoisotopic (exact) mass is 375 g/mol. The van der Waals surface area contributed by atoms with Gasteiger partial charge in [-0.15, -0.1) is 0 Å². The molecule has 2 amide bonds. The number of piperidine rings is 1. The Bertz CT molecular complexity index is 624. The molecule has 0 aromatic rings. The van der Waals surface area contributed by atoms with Gasteiger partial charge in [0.2, 0.25) is 5.91 Å². The van der Waals surface area contributed by atoms with Crippen LogP contribution in [0.3, 0.4) is 0 Å². The first kappa shape index (κ1) is 18.6. The van der Waals surface area contributed by atoms with E-state index in [1.54, 1.807) is 0 Å². The SMILES string of the molecule is CCCN1CC2(CCN(C3=CC4CCC(C3)N4C(=O)OCC)CC2)CC1=O. The van der Waals surface area contributed by atoms with Gasteiger partial charge in [-0.2, -0.15) is 0 Å². The summed E-state index contributed by atoms with van der Waals surface area (Å²) < 4.78 is 5.25. The molecule has 6 nitrogen and oxygen atoms in total. The van der Waals surface area contributed by atoms with Crippen molar-refractivity contribution in [1.29, 1.82) is 0 Å². The average molecular weight is 376 g/mol. The number of ether oxygens (including phenoxy) is 1. The van der Waals surface area contributed by atoms with Crippen LogP contribution in [0.25, 0.3) is 0 Å². The number of likely N-dealkylation sites (tertiary alicyclic amines) is 2. The Morgan fingerprint density at radius 2 is 2.04 bits per heavy atom. The van der Waals surface area contributed by atoms with Crippen molar-refractivity contribution in [3.8, 4) is 0 Å². The molecule has 3 fully saturated rings. The number of nitrogens with zero attached hydrogens (tertiary/aromatic N) is 3. The third-order valence-corrected chi connectivity index (χ3v) is 6.98. The fourth-order valence-corrected chi connectivity index (χ4v) is 5.58. The molecule has 2 unspecified atom stereocenters.